The average Bonchev–Trinajstić information content (AvgIpc) is 2.44. The van der Waals surface area contributed by atoms with Gasteiger partial charge in [-0.2, -0.15) is 0 Å². The zero-order chi connectivity index (χ0) is 15.4. The van der Waals surface area contributed by atoms with E-state index in [-0.39, 0.29) is 18.8 Å². The Kier molecular flexibility index (Phi) is 5.95. The zero-order valence-electron chi connectivity index (χ0n) is 12.5. The van der Waals surface area contributed by atoms with E-state index in [0.717, 1.165) is 25.7 Å². The van der Waals surface area contributed by atoms with Gasteiger partial charge in [-0.05, 0) is 12.8 Å². The third-order valence-electron chi connectivity index (χ3n) is 3.86. The summed E-state index contributed by atoms with van der Waals surface area (Å²) in [4.78, 5) is 11.1. The SMILES string of the molecule is CCCCCC1OCC2OC(O)C(NC(C)=O)C(O)C2O1. The van der Waals surface area contributed by atoms with Crippen LogP contribution in [0.15, 0.2) is 0 Å². The van der Waals surface area contributed by atoms with E-state index in [1.54, 1.807) is 0 Å². The van der Waals surface area contributed by atoms with Gasteiger partial charge in [-0.1, -0.05) is 19.8 Å². The Morgan fingerprint density at radius 3 is 2.71 bits per heavy atom. The van der Waals surface area contributed by atoms with E-state index >= 15 is 0 Å². The lowest BCUT2D eigenvalue weighted by atomic mass is 9.96. The minimum atomic E-state index is -1.27. The summed E-state index contributed by atoms with van der Waals surface area (Å²) in [6.07, 6.45) is 0.168. The Balaban J connectivity index is 1.94. The van der Waals surface area contributed by atoms with E-state index in [4.69, 9.17) is 14.2 Å². The van der Waals surface area contributed by atoms with Gasteiger partial charge in [0.15, 0.2) is 12.6 Å². The lowest BCUT2D eigenvalue weighted by Crippen LogP contribution is -2.66. The predicted molar refractivity (Wildman–Crippen MR) is 73.2 cm³/mol. The Morgan fingerprint density at radius 1 is 1.29 bits per heavy atom. The van der Waals surface area contributed by atoms with Crippen molar-refractivity contribution in [1.82, 2.24) is 5.32 Å². The Hall–Kier alpha value is -0.730. The van der Waals surface area contributed by atoms with Crippen molar-refractivity contribution in [2.24, 2.45) is 0 Å². The monoisotopic (exact) mass is 303 g/mol. The number of amides is 1. The van der Waals surface area contributed by atoms with Crippen LogP contribution < -0.4 is 5.32 Å². The van der Waals surface area contributed by atoms with Crippen molar-refractivity contribution in [1.29, 1.82) is 0 Å². The third-order valence-corrected chi connectivity index (χ3v) is 3.86. The van der Waals surface area contributed by atoms with Gasteiger partial charge < -0.3 is 29.7 Å². The minimum Gasteiger partial charge on any atom is -0.388 e. The van der Waals surface area contributed by atoms with Crippen LogP contribution in [0.25, 0.3) is 0 Å². The Morgan fingerprint density at radius 2 is 2.05 bits per heavy atom. The molecule has 0 aromatic rings. The topological polar surface area (TPSA) is 97.2 Å². The highest BCUT2D eigenvalue weighted by molar-refractivity contribution is 5.73. The van der Waals surface area contributed by atoms with Crippen LogP contribution in [0.5, 0.6) is 0 Å². The molecule has 0 aromatic carbocycles. The number of fused-ring (bicyclic) bond motifs is 1. The number of carbonyl (C=O) groups is 1. The summed E-state index contributed by atoms with van der Waals surface area (Å²) in [5.41, 5.74) is 0. The van der Waals surface area contributed by atoms with Gasteiger partial charge in [0.25, 0.3) is 0 Å². The molecule has 6 atom stereocenters. The van der Waals surface area contributed by atoms with Gasteiger partial charge >= 0.3 is 0 Å². The van der Waals surface area contributed by atoms with E-state index in [0.29, 0.717) is 0 Å². The lowest BCUT2D eigenvalue weighted by molar-refractivity contribution is -0.335. The standard InChI is InChI=1S/C14H25NO6/c1-3-4-5-6-10-19-7-9-13(21-10)12(17)11(14(18)20-9)15-8(2)16/h9-14,17-18H,3-7H2,1-2H3,(H,15,16). The van der Waals surface area contributed by atoms with Crippen molar-refractivity contribution in [3.8, 4) is 0 Å². The van der Waals surface area contributed by atoms with Crippen molar-refractivity contribution in [3.63, 3.8) is 0 Å². The predicted octanol–water partition coefficient (Wildman–Crippen LogP) is -0.109. The fourth-order valence-electron chi connectivity index (χ4n) is 2.76. The lowest BCUT2D eigenvalue weighted by Gasteiger charge is -2.46. The van der Waals surface area contributed by atoms with Gasteiger partial charge in [0.1, 0.15) is 24.4 Å². The highest BCUT2D eigenvalue weighted by Gasteiger charge is 2.48. The number of aliphatic hydroxyl groups excluding tert-OH is 2. The number of unbranched alkanes of at least 4 members (excludes halogenated alkanes) is 2. The number of hydrogen-bond donors (Lipinski definition) is 3. The first-order valence-electron chi connectivity index (χ1n) is 7.58. The summed E-state index contributed by atoms with van der Waals surface area (Å²) in [5.74, 6) is -0.341. The van der Waals surface area contributed by atoms with Crippen LogP contribution in [0.4, 0.5) is 0 Å². The van der Waals surface area contributed by atoms with Crippen molar-refractivity contribution < 1.29 is 29.2 Å². The highest BCUT2D eigenvalue weighted by atomic mass is 16.7. The van der Waals surface area contributed by atoms with E-state index in [1.165, 1.54) is 6.92 Å². The van der Waals surface area contributed by atoms with Gasteiger partial charge in [0.05, 0.1) is 6.61 Å². The second-order valence-electron chi connectivity index (χ2n) is 5.64. The number of carbonyl (C=O) groups excluding carboxylic acids is 1. The Labute approximate surface area is 124 Å². The fourth-order valence-corrected chi connectivity index (χ4v) is 2.76. The molecule has 0 aliphatic carbocycles. The first-order chi connectivity index (χ1) is 10.0. The average molecular weight is 303 g/mol. The van der Waals surface area contributed by atoms with Crippen LogP contribution in [-0.2, 0) is 19.0 Å². The molecular weight excluding hydrogens is 278 g/mol. The van der Waals surface area contributed by atoms with Gasteiger partial charge in [0.2, 0.25) is 5.91 Å². The normalized spacial score (nSPS) is 39.6. The number of nitrogens with one attached hydrogen (secondary N) is 1. The van der Waals surface area contributed by atoms with Crippen LogP contribution in [0.3, 0.4) is 0 Å². The van der Waals surface area contributed by atoms with Gasteiger partial charge in [0, 0.05) is 6.92 Å². The van der Waals surface area contributed by atoms with Crippen molar-refractivity contribution in [2.45, 2.75) is 76.5 Å². The molecule has 0 bridgehead atoms. The summed E-state index contributed by atoms with van der Waals surface area (Å²) in [6, 6.07) is -0.891. The minimum absolute atomic E-state index is 0.266. The van der Waals surface area contributed by atoms with Crippen LogP contribution in [0.2, 0.25) is 0 Å². The number of aliphatic hydroxyl groups is 2. The molecule has 6 unspecified atom stereocenters. The van der Waals surface area contributed by atoms with Crippen LogP contribution in [0, 0.1) is 0 Å². The fraction of sp³-hybridized carbons (Fsp3) is 0.929. The molecule has 7 heteroatoms. The Bertz CT molecular complexity index is 352. The van der Waals surface area contributed by atoms with E-state index in [1.807, 2.05) is 0 Å². The maximum Gasteiger partial charge on any atom is 0.217 e. The summed E-state index contributed by atoms with van der Waals surface area (Å²) < 4.78 is 16.7. The molecule has 2 heterocycles. The first kappa shape index (κ1) is 16.6. The molecule has 122 valence electrons. The molecule has 21 heavy (non-hydrogen) atoms. The summed E-state index contributed by atoms with van der Waals surface area (Å²) in [6.45, 7) is 3.71. The molecule has 0 aromatic heterocycles. The third kappa shape index (κ3) is 4.14. The van der Waals surface area contributed by atoms with E-state index in [2.05, 4.69) is 12.2 Å². The maximum atomic E-state index is 11.1. The second-order valence-corrected chi connectivity index (χ2v) is 5.64. The maximum absolute atomic E-state index is 11.1. The molecule has 7 nitrogen and oxygen atoms in total. The molecule has 2 aliphatic rings. The molecule has 0 spiro atoms. The van der Waals surface area contributed by atoms with Gasteiger partial charge in [-0.15, -0.1) is 0 Å². The molecule has 1 amide bonds. The zero-order valence-corrected chi connectivity index (χ0v) is 12.5. The molecule has 2 aliphatic heterocycles. The molecule has 3 N–H and O–H groups in total. The summed E-state index contributed by atoms with van der Waals surface area (Å²) >= 11 is 0. The van der Waals surface area contributed by atoms with Crippen LogP contribution >= 0.6 is 0 Å². The van der Waals surface area contributed by atoms with Gasteiger partial charge in [-0.3, -0.25) is 4.79 Å². The van der Waals surface area contributed by atoms with Gasteiger partial charge in [-0.25, -0.2) is 0 Å². The molecule has 2 rings (SSSR count). The number of ether oxygens (including phenoxy) is 3. The smallest absolute Gasteiger partial charge is 0.217 e. The van der Waals surface area contributed by atoms with Crippen LogP contribution in [0.1, 0.15) is 39.5 Å². The highest BCUT2D eigenvalue weighted by Crippen LogP contribution is 2.29. The first-order valence-corrected chi connectivity index (χ1v) is 7.58. The van der Waals surface area contributed by atoms with Crippen molar-refractivity contribution >= 4 is 5.91 Å². The molecule has 0 saturated carbocycles. The molecular formula is C14H25NO6. The van der Waals surface area contributed by atoms with Crippen molar-refractivity contribution in [3.05, 3.63) is 0 Å². The second kappa shape index (κ2) is 7.51. The molecule has 0 radical (unpaired) electrons. The molecule has 2 fully saturated rings. The summed E-state index contributed by atoms with van der Waals surface area (Å²) in [7, 11) is 0. The molecule has 2 saturated heterocycles. The number of rotatable bonds is 5. The summed E-state index contributed by atoms with van der Waals surface area (Å²) in [5, 5.41) is 22.7. The largest absolute Gasteiger partial charge is 0.388 e. The van der Waals surface area contributed by atoms with E-state index < -0.39 is 30.6 Å². The quantitative estimate of drug-likeness (QED) is 0.613. The number of hydrogen-bond acceptors (Lipinski definition) is 6. The van der Waals surface area contributed by atoms with Crippen LogP contribution in [-0.4, -0.2) is 59.7 Å². The van der Waals surface area contributed by atoms with E-state index in [9.17, 15) is 15.0 Å². The van der Waals surface area contributed by atoms with Crippen molar-refractivity contribution in [2.75, 3.05) is 6.61 Å².